The quantitative estimate of drug-likeness (QED) is 0.146. The molecule has 1 atom stereocenters. The van der Waals surface area contributed by atoms with Gasteiger partial charge in [-0.1, -0.05) is 41.7 Å². The van der Waals surface area contributed by atoms with Crippen LogP contribution in [0.15, 0.2) is 60.2 Å². The number of Topliss-reactive ketones (excluding diaryl/α,β-unsaturated/α-hetero) is 1. The van der Waals surface area contributed by atoms with Crippen LogP contribution in [0.4, 0.5) is 10.8 Å². The summed E-state index contributed by atoms with van der Waals surface area (Å²) in [5, 5.41) is 22.2. The number of hydrogen-bond acceptors (Lipinski definition) is 9. The smallest absolute Gasteiger partial charge is 0.350 e. The van der Waals surface area contributed by atoms with Crippen molar-refractivity contribution in [2.24, 2.45) is 0 Å². The molecular formula is C23H17N3O7S. The minimum atomic E-state index is -1.13. The van der Waals surface area contributed by atoms with E-state index in [-0.39, 0.29) is 21.3 Å². The molecule has 4 rings (SSSR count). The molecule has 0 radical (unpaired) electrons. The Bertz CT molecular complexity index is 1350. The molecule has 2 aromatic carbocycles. The van der Waals surface area contributed by atoms with Gasteiger partial charge in [-0.2, -0.15) is 0 Å². The van der Waals surface area contributed by atoms with Gasteiger partial charge >= 0.3 is 11.9 Å². The maximum absolute atomic E-state index is 13.1. The van der Waals surface area contributed by atoms with Gasteiger partial charge in [-0.25, -0.2) is 9.78 Å². The van der Waals surface area contributed by atoms with Crippen LogP contribution in [0, 0.1) is 17.0 Å². The van der Waals surface area contributed by atoms with E-state index in [2.05, 4.69) is 4.98 Å². The molecule has 2 heterocycles. The summed E-state index contributed by atoms with van der Waals surface area (Å²) in [4.78, 5) is 54.4. The third kappa shape index (κ3) is 3.82. The number of esters is 1. The Balaban J connectivity index is 1.93. The average Bonchev–Trinajstić information content (AvgIpc) is 3.35. The molecule has 172 valence electrons. The van der Waals surface area contributed by atoms with Gasteiger partial charge in [0.15, 0.2) is 5.13 Å². The van der Waals surface area contributed by atoms with E-state index >= 15 is 0 Å². The van der Waals surface area contributed by atoms with Crippen molar-refractivity contribution in [2.45, 2.75) is 13.0 Å². The van der Waals surface area contributed by atoms with Gasteiger partial charge in [-0.05, 0) is 24.6 Å². The second kappa shape index (κ2) is 8.87. The third-order valence-corrected chi connectivity index (χ3v) is 6.41. The molecule has 1 amide bonds. The first-order valence-electron chi connectivity index (χ1n) is 9.91. The van der Waals surface area contributed by atoms with Crippen molar-refractivity contribution in [3.05, 3.63) is 92.0 Å². The number of rotatable bonds is 5. The number of nitrogens with zero attached hydrogens (tertiary/aromatic N) is 3. The largest absolute Gasteiger partial charge is 0.507 e. The number of amides is 1. The maximum atomic E-state index is 13.1. The first kappa shape index (κ1) is 22.8. The van der Waals surface area contributed by atoms with Crippen LogP contribution in [-0.4, -0.2) is 39.8 Å². The van der Waals surface area contributed by atoms with E-state index in [9.17, 15) is 29.6 Å². The molecule has 0 spiro atoms. The van der Waals surface area contributed by atoms with Crippen LogP contribution in [0.25, 0.3) is 5.76 Å². The fourth-order valence-electron chi connectivity index (χ4n) is 3.64. The summed E-state index contributed by atoms with van der Waals surface area (Å²) in [5.74, 6) is -2.94. The number of carbonyl (C=O) groups is 3. The van der Waals surface area contributed by atoms with Gasteiger partial charge in [0.25, 0.3) is 11.5 Å². The number of benzene rings is 2. The summed E-state index contributed by atoms with van der Waals surface area (Å²) in [6, 6.07) is 12.4. The number of ketones is 1. The van der Waals surface area contributed by atoms with Crippen LogP contribution in [0.1, 0.15) is 32.5 Å². The van der Waals surface area contributed by atoms with Crippen LogP contribution < -0.4 is 4.90 Å². The van der Waals surface area contributed by atoms with Gasteiger partial charge in [0.05, 0.1) is 29.3 Å². The lowest BCUT2D eigenvalue weighted by atomic mass is 9.95. The molecule has 1 fully saturated rings. The maximum Gasteiger partial charge on any atom is 0.350 e. The monoisotopic (exact) mass is 479 g/mol. The number of aromatic nitrogens is 1. The average molecular weight is 479 g/mol. The molecule has 0 saturated carbocycles. The lowest BCUT2D eigenvalue weighted by molar-refractivity contribution is -0.384. The molecule has 3 aromatic rings. The Labute approximate surface area is 196 Å². The number of ether oxygens (including phenoxy) is 1. The summed E-state index contributed by atoms with van der Waals surface area (Å²) < 4.78 is 4.75. The summed E-state index contributed by atoms with van der Waals surface area (Å²) in [6.45, 7) is 1.56. The molecule has 10 nitrogen and oxygen atoms in total. The second-order valence-corrected chi connectivity index (χ2v) is 8.26. The van der Waals surface area contributed by atoms with E-state index in [1.165, 1.54) is 31.4 Å². The first-order valence-corrected chi connectivity index (χ1v) is 10.7. The predicted molar refractivity (Wildman–Crippen MR) is 123 cm³/mol. The zero-order chi connectivity index (χ0) is 24.6. The van der Waals surface area contributed by atoms with Gasteiger partial charge in [-0.3, -0.25) is 24.6 Å². The number of aliphatic hydroxyl groups excluding tert-OH is 1. The molecule has 1 aliphatic heterocycles. The topological polar surface area (TPSA) is 140 Å². The Kier molecular flexibility index (Phi) is 5.95. The SMILES string of the molecule is COC(=O)c1sc(N2C(=O)C(=O)C(=C(O)c3ccccc3)[C@@H]2c2ccc([N+](=O)[O-])cc2)nc1C. The summed E-state index contributed by atoms with van der Waals surface area (Å²) in [7, 11) is 1.21. The highest BCUT2D eigenvalue weighted by molar-refractivity contribution is 7.17. The van der Waals surface area contributed by atoms with Crippen LogP contribution in [0.5, 0.6) is 0 Å². The van der Waals surface area contributed by atoms with Gasteiger partial charge in [0.1, 0.15) is 10.6 Å². The highest BCUT2D eigenvalue weighted by atomic mass is 32.1. The summed E-state index contributed by atoms with van der Waals surface area (Å²) in [5.41, 5.74) is 0.589. The van der Waals surface area contributed by atoms with E-state index in [4.69, 9.17) is 4.74 Å². The van der Waals surface area contributed by atoms with Crippen molar-refractivity contribution in [3.63, 3.8) is 0 Å². The van der Waals surface area contributed by atoms with Gasteiger partial charge < -0.3 is 9.84 Å². The van der Waals surface area contributed by atoms with Gasteiger partial charge in [-0.15, -0.1) is 0 Å². The van der Waals surface area contributed by atoms with Crippen LogP contribution in [-0.2, 0) is 14.3 Å². The molecule has 1 aromatic heterocycles. The number of carbonyl (C=O) groups excluding carboxylic acids is 3. The third-order valence-electron chi connectivity index (χ3n) is 5.27. The fraction of sp³-hybridized carbons (Fsp3) is 0.130. The normalized spacial score (nSPS) is 17.1. The van der Waals surface area contributed by atoms with Crippen molar-refractivity contribution in [1.82, 2.24) is 4.98 Å². The van der Waals surface area contributed by atoms with E-state index in [1.807, 2.05) is 0 Å². The number of non-ortho nitro benzene ring substituents is 1. The highest BCUT2D eigenvalue weighted by Crippen LogP contribution is 2.44. The van der Waals surface area contributed by atoms with E-state index < -0.39 is 34.4 Å². The number of nitro groups is 1. The Morgan fingerprint density at radius 1 is 1.15 bits per heavy atom. The minimum absolute atomic E-state index is 0.0514. The molecule has 34 heavy (non-hydrogen) atoms. The first-order chi connectivity index (χ1) is 16.2. The van der Waals surface area contributed by atoms with Gasteiger partial charge in [0.2, 0.25) is 0 Å². The minimum Gasteiger partial charge on any atom is -0.507 e. The van der Waals surface area contributed by atoms with Crippen LogP contribution >= 0.6 is 11.3 Å². The van der Waals surface area contributed by atoms with Crippen molar-refractivity contribution >= 4 is 45.6 Å². The molecular weight excluding hydrogens is 462 g/mol. The molecule has 1 N–H and O–H groups in total. The lowest BCUT2D eigenvalue weighted by Crippen LogP contribution is -2.29. The van der Waals surface area contributed by atoms with Crippen molar-refractivity contribution in [2.75, 3.05) is 12.0 Å². The summed E-state index contributed by atoms with van der Waals surface area (Å²) in [6.07, 6.45) is 0. The van der Waals surface area contributed by atoms with E-state index in [0.717, 1.165) is 16.2 Å². The van der Waals surface area contributed by atoms with Crippen molar-refractivity contribution in [3.8, 4) is 0 Å². The Hall–Kier alpha value is -4.38. The molecule has 1 saturated heterocycles. The number of hydrogen-bond donors (Lipinski definition) is 1. The van der Waals surface area contributed by atoms with Crippen molar-refractivity contribution in [1.29, 1.82) is 0 Å². The molecule has 0 bridgehead atoms. The number of anilines is 1. The molecule has 1 aliphatic rings. The molecule has 0 unspecified atom stereocenters. The second-order valence-electron chi connectivity index (χ2n) is 7.29. The standard InChI is InChI=1S/C23H17N3O7S/c1-12-20(22(30)33-2)34-23(24-12)25-17(13-8-10-15(11-9-13)26(31)32)16(19(28)21(25)29)18(27)14-6-4-3-5-7-14/h3-11,17,27H,1-2H3/t17-/m0/s1. The molecule has 0 aliphatic carbocycles. The number of methoxy groups -OCH3 is 1. The van der Waals surface area contributed by atoms with Crippen molar-refractivity contribution < 1.29 is 29.2 Å². The predicted octanol–water partition coefficient (Wildman–Crippen LogP) is 3.77. The number of aliphatic hydroxyl groups is 1. The fourth-order valence-corrected chi connectivity index (χ4v) is 4.65. The van der Waals surface area contributed by atoms with Crippen LogP contribution in [0.3, 0.4) is 0 Å². The van der Waals surface area contributed by atoms with E-state index in [0.29, 0.717) is 16.8 Å². The van der Waals surface area contributed by atoms with Crippen LogP contribution in [0.2, 0.25) is 0 Å². The Morgan fingerprint density at radius 3 is 2.38 bits per heavy atom. The zero-order valence-electron chi connectivity index (χ0n) is 17.9. The van der Waals surface area contributed by atoms with E-state index in [1.54, 1.807) is 37.3 Å². The highest BCUT2D eigenvalue weighted by Gasteiger charge is 2.48. The zero-order valence-corrected chi connectivity index (χ0v) is 18.7. The number of nitro benzene ring substituents is 1. The summed E-state index contributed by atoms with van der Waals surface area (Å²) >= 11 is 0.866. The number of thiazole rings is 1. The lowest BCUT2D eigenvalue weighted by Gasteiger charge is -2.22. The van der Waals surface area contributed by atoms with Gasteiger partial charge in [0, 0.05) is 17.7 Å². The Morgan fingerprint density at radius 2 is 1.79 bits per heavy atom. The number of aryl methyl sites for hydroxylation is 1. The molecule has 11 heteroatoms.